The van der Waals surface area contributed by atoms with Crippen LogP contribution in [-0.2, 0) is 4.79 Å². The topological polar surface area (TPSA) is 42.4 Å². The zero-order chi connectivity index (χ0) is 18.7. The lowest BCUT2D eigenvalue weighted by molar-refractivity contribution is -0.117. The minimum atomic E-state index is -0.278. The molecule has 2 aromatic rings. The Balaban J connectivity index is 1.58. The van der Waals surface area contributed by atoms with E-state index in [1.807, 2.05) is 24.3 Å². The second-order valence-electron chi connectivity index (χ2n) is 7.09. The van der Waals surface area contributed by atoms with Gasteiger partial charge in [0.25, 0.3) is 0 Å². The summed E-state index contributed by atoms with van der Waals surface area (Å²) in [5.41, 5.74) is 1.56. The molecule has 1 saturated heterocycles. The molecule has 2 heterocycles. The van der Waals surface area contributed by atoms with E-state index in [2.05, 4.69) is 16.8 Å². The summed E-state index contributed by atoms with van der Waals surface area (Å²) in [6, 6.07) is 11.2. The molecule has 0 bridgehead atoms. The van der Waals surface area contributed by atoms with E-state index >= 15 is 0 Å². The van der Waals surface area contributed by atoms with Crippen molar-refractivity contribution >= 4 is 11.6 Å². The van der Waals surface area contributed by atoms with Crippen LogP contribution < -0.4 is 9.64 Å². The SMILES string of the molecule is CC(=O)C[C@@H](C)c1ccc(OC2CCN(c3ccc(F)c(C)n3)C2)cc1. The molecule has 3 rings (SSSR count). The second kappa shape index (κ2) is 7.85. The number of carbonyl (C=O) groups excluding carboxylic acids is 1. The molecule has 2 atom stereocenters. The Bertz CT molecular complexity index is 776. The fourth-order valence-corrected chi connectivity index (χ4v) is 3.36. The Morgan fingerprint density at radius 3 is 2.69 bits per heavy atom. The third-order valence-electron chi connectivity index (χ3n) is 4.82. The summed E-state index contributed by atoms with van der Waals surface area (Å²) >= 11 is 0. The van der Waals surface area contributed by atoms with Gasteiger partial charge < -0.3 is 14.4 Å². The van der Waals surface area contributed by atoms with Crippen molar-refractivity contribution in [2.45, 2.75) is 45.6 Å². The first-order valence-electron chi connectivity index (χ1n) is 9.06. The van der Waals surface area contributed by atoms with E-state index < -0.39 is 0 Å². The standard InChI is InChI=1S/C21H25FN2O2/c1-14(12-15(2)25)17-4-6-18(7-5-17)26-19-10-11-24(13-19)21-9-8-20(22)16(3)23-21/h4-9,14,19H,10-13H2,1-3H3/t14-,19?/m1/s1. The molecule has 0 amide bonds. The van der Waals surface area contributed by atoms with Crippen molar-refractivity contribution < 1.29 is 13.9 Å². The van der Waals surface area contributed by atoms with Gasteiger partial charge in [0.15, 0.2) is 0 Å². The van der Waals surface area contributed by atoms with Gasteiger partial charge in [-0.2, -0.15) is 0 Å². The van der Waals surface area contributed by atoms with Crippen molar-refractivity contribution in [1.82, 2.24) is 4.98 Å². The van der Waals surface area contributed by atoms with Gasteiger partial charge in [-0.15, -0.1) is 0 Å². The molecule has 1 fully saturated rings. The number of Topliss-reactive ketones (excluding diaryl/α,β-unsaturated/α-hetero) is 1. The number of aryl methyl sites for hydroxylation is 1. The lowest BCUT2D eigenvalue weighted by Crippen LogP contribution is -2.25. The van der Waals surface area contributed by atoms with Crippen LogP contribution in [0, 0.1) is 12.7 Å². The highest BCUT2D eigenvalue weighted by atomic mass is 19.1. The van der Waals surface area contributed by atoms with Gasteiger partial charge >= 0.3 is 0 Å². The molecule has 1 aromatic carbocycles. The van der Waals surface area contributed by atoms with Crippen LogP contribution in [-0.4, -0.2) is 30.0 Å². The fraction of sp³-hybridized carbons (Fsp3) is 0.429. The number of ether oxygens (including phenoxy) is 1. The maximum atomic E-state index is 13.4. The molecule has 26 heavy (non-hydrogen) atoms. The first-order valence-corrected chi connectivity index (χ1v) is 9.06. The van der Waals surface area contributed by atoms with E-state index in [1.54, 1.807) is 19.9 Å². The maximum Gasteiger partial charge on any atom is 0.144 e. The molecule has 0 aliphatic carbocycles. The summed E-state index contributed by atoms with van der Waals surface area (Å²) in [6.07, 6.45) is 1.55. The molecule has 0 radical (unpaired) electrons. The molecule has 0 saturated carbocycles. The van der Waals surface area contributed by atoms with Gasteiger partial charge in [-0.05, 0) is 49.6 Å². The lowest BCUT2D eigenvalue weighted by atomic mass is 9.96. The van der Waals surface area contributed by atoms with Crippen LogP contribution in [0.25, 0.3) is 0 Å². The van der Waals surface area contributed by atoms with Crippen molar-refractivity contribution in [1.29, 1.82) is 0 Å². The molecular weight excluding hydrogens is 331 g/mol. The van der Waals surface area contributed by atoms with Crippen LogP contribution in [0.2, 0.25) is 0 Å². The highest BCUT2D eigenvalue weighted by molar-refractivity contribution is 5.76. The first-order chi connectivity index (χ1) is 12.4. The minimum absolute atomic E-state index is 0.0858. The number of pyridine rings is 1. The van der Waals surface area contributed by atoms with Crippen LogP contribution in [0.4, 0.5) is 10.2 Å². The normalized spacial score (nSPS) is 18.0. The maximum absolute atomic E-state index is 13.4. The zero-order valence-electron chi connectivity index (χ0n) is 15.5. The monoisotopic (exact) mass is 356 g/mol. The number of halogens is 1. The number of rotatable bonds is 6. The lowest BCUT2D eigenvalue weighted by Gasteiger charge is -2.19. The molecule has 0 spiro atoms. The second-order valence-corrected chi connectivity index (χ2v) is 7.09. The Labute approximate surface area is 154 Å². The zero-order valence-corrected chi connectivity index (χ0v) is 15.5. The van der Waals surface area contributed by atoms with Gasteiger partial charge in [-0.3, -0.25) is 0 Å². The van der Waals surface area contributed by atoms with Gasteiger partial charge in [-0.1, -0.05) is 19.1 Å². The largest absolute Gasteiger partial charge is 0.489 e. The number of ketones is 1. The number of hydrogen-bond acceptors (Lipinski definition) is 4. The number of carbonyl (C=O) groups is 1. The highest BCUT2D eigenvalue weighted by Gasteiger charge is 2.25. The summed E-state index contributed by atoms with van der Waals surface area (Å²) in [4.78, 5) is 17.7. The van der Waals surface area contributed by atoms with E-state index in [-0.39, 0.29) is 23.6 Å². The predicted octanol–water partition coefficient (Wildman–Crippen LogP) is 4.27. The number of hydrogen-bond donors (Lipinski definition) is 0. The van der Waals surface area contributed by atoms with Crippen molar-refractivity contribution in [2.24, 2.45) is 0 Å². The van der Waals surface area contributed by atoms with Gasteiger partial charge in [0.1, 0.15) is 29.3 Å². The number of nitrogens with zero attached hydrogens (tertiary/aromatic N) is 2. The first kappa shape index (κ1) is 18.4. The summed E-state index contributed by atoms with van der Waals surface area (Å²) in [6.45, 7) is 6.94. The molecule has 138 valence electrons. The molecular formula is C21H25FN2O2. The van der Waals surface area contributed by atoms with Crippen LogP contribution in [0.1, 0.15) is 43.9 Å². The van der Waals surface area contributed by atoms with Gasteiger partial charge in [0.05, 0.1) is 12.2 Å². The van der Waals surface area contributed by atoms with Crippen LogP contribution in [0.15, 0.2) is 36.4 Å². The van der Waals surface area contributed by atoms with Gasteiger partial charge in [0.2, 0.25) is 0 Å². The van der Waals surface area contributed by atoms with E-state index in [0.29, 0.717) is 12.1 Å². The van der Waals surface area contributed by atoms with E-state index in [4.69, 9.17) is 4.74 Å². The third kappa shape index (κ3) is 4.40. The summed E-state index contributed by atoms with van der Waals surface area (Å²) < 4.78 is 19.5. The summed E-state index contributed by atoms with van der Waals surface area (Å²) in [7, 11) is 0. The number of aromatic nitrogens is 1. The van der Waals surface area contributed by atoms with Gasteiger partial charge in [-0.25, -0.2) is 9.37 Å². The van der Waals surface area contributed by atoms with Gasteiger partial charge in [0, 0.05) is 19.4 Å². The third-order valence-corrected chi connectivity index (χ3v) is 4.82. The predicted molar refractivity (Wildman–Crippen MR) is 100 cm³/mol. The van der Waals surface area contributed by atoms with Crippen LogP contribution in [0.3, 0.4) is 0 Å². The Morgan fingerprint density at radius 2 is 2.04 bits per heavy atom. The molecule has 1 unspecified atom stereocenters. The average Bonchev–Trinajstić information content (AvgIpc) is 3.06. The molecule has 4 nitrogen and oxygen atoms in total. The molecule has 1 aliphatic rings. The minimum Gasteiger partial charge on any atom is -0.489 e. The summed E-state index contributed by atoms with van der Waals surface area (Å²) in [5.74, 6) is 1.77. The Morgan fingerprint density at radius 1 is 1.31 bits per heavy atom. The Kier molecular flexibility index (Phi) is 5.55. The van der Waals surface area contributed by atoms with Crippen LogP contribution >= 0.6 is 0 Å². The van der Waals surface area contributed by atoms with E-state index in [0.717, 1.165) is 36.6 Å². The van der Waals surface area contributed by atoms with Crippen LogP contribution in [0.5, 0.6) is 5.75 Å². The number of benzene rings is 1. The van der Waals surface area contributed by atoms with E-state index in [9.17, 15) is 9.18 Å². The molecule has 5 heteroatoms. The van der Waals surface area contributed by atoms with Crippen molar-refractivity contribution in [2.75, 3.05) is 18.0 Å². The van der Waals surface area contributed by atoms with Crippen molar-refractivity contribution in [3.63, 3.8) is 0 Å². The quantitative estimate of drug-likeness (QED) is 0.775. The molecule has 0 N–H and O–H groups in total. The fourth-order valence-electron chi connectivity index (χ4n) is 3.36. The Hall–Kier alpha value is -2.43. The average molecular weight is 356 g/mol. The molecule has 1 aromatic heterocycles. The summed E-state index contributed by atoms with van der Waals surface area (Å²) in [5, 5.41) is 0. The van der Waals surface area contributed by atoms with Crippen molar-refractivity contribution in [3.8, 4) is 5.75 Å². The van der Waals surface area contributed by atoms with E-state index in [1.165, 1.54) is 6.07 Å². The smallest absolute Gasteiger partial charge is 0.144 e. The van der Waals surface area contributed by atoms with Crippen molar-refractivity contribution in [3.05, 3.63) is 53.5 Å². The highest BCUT2D eigenvalue weighted by Crippen LogP contribution is 2.25. The number of anilines is 1. The molecule has 1 aliphatic heterocycles.